The van der Waals surface area contributed by atoms with Crippen LogP contribution >= 0.6 is 11.3 Å². The maximum Gasteiger partial charge on any atom is 0.109 e. The number of anilines is 1. The molecule has 0 aliphatic carbocycles. The van der Waals surface area contributed by atoms with Crippen molar-refractivity contribution in [2.24, 2.45) is 0 Å². The summed E-state index contributed by atoms with van der Waals surface area (Å²) in [6, 6.07) is 0. The lowest BCUT2D eigenvalue weighted by molar-refractivity contribution is 0.583. The predicted molar refractivity (Wildman–Crippen MR) is 54.6 cm³/mol. The Morgan fingerprint density at radius 1 is 1.42 bits per heavy atom. The second kappa shape index (κ2) is 3.05. The number of thiazole rings is 1. The van der Waals surface area contributed by atoms with Crippen LogP contribution in [0.25, 0.3) is 0 Å². The molecule has 1 rings (SSSR count). The summed E-state index contributed by atoms with van der Waals surface area (Å²) in [5, 5.41) is 2.01. The van der Waals surface area contributed by atoms with E-state index in [1.165, 1.54) is 0 Å². The van der Waals surface area contributed by atoms with Gasteiger partial charge in [-0.25, -0.2) is 4.98 Å². The summed E-state index contributed by atoms with van der Waals surface area (Å²) >= 11 is 1.61. The molecule has 0 atom stereocenters. The van der Waals surface area contributed by atoms with Gasteiger partial charge >= 0.3 is 0 Å². The molecule has 1 aromatic heterocycles. The van der Waals surface area contributed by atoms with Gasteiger partial charge in [0.15, 0.2) is 0 Å². The van der Waals surface area contributed by atoms with E-state index in [2.05, 4.69) is 32.7 Å². The Kier molecular flexibility index (Phi) is 2.42. The first-order chi connectivity index (χ1) is 5.45. The van der Waals surface area contributed by atoms with Crippen molar-refractivity contribution in [2.45, 2.75) is 39.5 Å². The highest BCUT2D eigenvalue weighted by Crippen LogP contribution is 2.30. The van der Waals surface area contributed by atoms with Crippen molar-refractivity contribution in [2.75, 3.05) is 5.73 Å². The average molecular weight is 184 g/mol. The molecule has 1 aromatic rings. The molecule has 0 amide bonds. The highest BCUT2D eigenvalue weighted by molar-refractivity contribution is 7.15. The molecule has 0 aromatic carbocycles. The summed E-state index contributed by atoms with van der Waals surface area (Å²) in [5.74, 6) is 0. The van der Waals surface area contributed by atoms with Crippen LogP contribution in [0.2, 0.25) is 0 Å². The SMILES string of the molecule is CCc1nc(C(C)(C)C)sc1N. The molecule has 1 heterocycles. The van der Waals surface area contributed by atoms with Gasteiger partial charge in [-0.15, -0.1) is 11.3 Å². The first-order valence-electron chi connectivity index (χ1n) is 4.20. The van der Waals surface area contributed by atoms with E-state index in [1.54, 1.807) is 11.3 Å². The van der Waals surface area contributed by atoms with E-state index in [9.17, 15) is 0 Å². The molecule has 0 saturated heterocycles. The molecule has 2 N–H and O–H groups in total. The molecule has 0 spiro atoms. The number of hydrogen-bond donors (Lipinski definition) is 1. The first kappa shape index (κ1) is 9.52. The molecule has 0 saturated carbocycles. The monoisotopic (exact) mass is 184 g/mol. The number of nitrogen functional groups attached to an aromatic ring is 1. The summed E-state index contributed by atoms with van der Waals surface area (Å²) in [7, 11) is 0. The Balaban J connectivity index is 3.05. The maximum atomic E-state index is 5.80. The lowest BCUT2D eigenvalue weighted by Gasteiger charge is -2.13. The van der Waals surface area contributed by atoms with E-state index in [0.29, 0.717) is 0 Å². The normalized spacial score (nSPS) is 12.0. The third-order valence-electron chi connectivity index (χ3n) is 1.70. The quantitative estimate of drug-likeness (QED) is 0.728. The van der Waals surface area contributed by atoms with E-state index < -0.39 is 0 Å². The summed E-state index contributed by atoms with van der Waals surface area (Å²) in [4.78, 5) is 4.49. The van der Waals surface area contributed by atoms with E-state index >= 15 is 0 Å². The van der Waals surface area contributed by atoms with Crippen molar-refractivity contribution < 1.29 is 0 Å². The Morgan fingerprint density at radius 3 is 2.25 bits per heavy atom. The fourth-order valence-corrected chi connectivity index (χ4v) is 1.92. The molecule has 68 valence electrons. The van der Waals surface area contributed by atoms with Crippen LogP contribution in [0.1, 0.15) is 38.4 Å². The largest absolute Gasteiger partial charge is 0.389 e. The Labute approximate surface area is 77.8 Å². The molecule has 0 radical (unpaired) electrons. The topological polar surface area (TPSA) is 38.9 Å². The molecule has 2 nitrogen and oxygen atoms in total. The van der Waals surface area contributed by atoms with Crippen LogP contribution < -0.4 is 5.73 Å². The number of rotatable bonds is 1. The molecule has 0 unspecified atom stereocenters. The standard InChI is InChI=1S/C9H16N2S/c1-5-6-7(10)12-8(11-6)9(2,3)4/h5,10H2,1-4H3. The number of aryl methyl sites for hydroxylation is 1. The van der Waals surface area contributed by atoms with E-state index in [1.807, 2.05) is 0 Å². The van der Waals surface area contributed by atoms with Crippen LogP contribution in [0.5, 0.6) is 0 Å². The van der Waals surface area contributed by atoms with Crippen LogP contribution in [0.15, 0.2) is 0 Å². The highest BCUT2D eigenvalue weighted by atomic mass is 32.1. The fraction of sp³-hybridized carbons (Fsp3) is 0.667. The Bertz CT molecular complexity index is 271. The van der Waals surface area contributed by atoms with Crippen LogP contribution in [0.3, 0.4) is 0 Å². The summed E-state index contributed by atoms with van der Waals surface area (Å²) < 4.78 is 0. The fourth-order valence-electron chi connectivity index (χ4n) is 0.938. The molecular formula is C9H16N2S. The van der Waals surface area contributed by atoms with Crippen LogP contribution in [-0.2, 0) is 11.8 Å². The minimum absolute atomic E-state index is 0.131. The third-order valence-corrected chi connectivity index (χ3v) is 3.06. The second-order valence-corrected chi connectivity index (χ2v) is 4.96. The van der Waals surface area contributed by atoms with Gasteiger partial charge in [0.05, 0.1) is 5.69 Å². The number of hydrogen-bond acceptors (Lipinski definition) is 3. The number of nitrogens with zero attached hydrogens (tertiary/aromatic N) is 1. The Hall–Kier alpha value is -0.570. The van der Waals surface area contributed by atoms with Gasteiger partial charge in [-0.05, 0) is 6.42 Å². The maximum absolute atomic E-state index is 5.80. The predicted octanol–water partition coefficient (Wildman–Crippen LogP) is 2.59. The minimum Gasteiger partial charge on any atom is -0.389 e. The molecular weight excluding hydrogens is 168 g/mol. The minimum atomic E-state index is 0.131. The van der Waals surface area contributed by atoms with Gasteiger partial charge < -0.3 is 5.73 Å². The van der Waals surface area contributed by atoms with Gasteiger partial charge in [0.1, 0.15) is 10.0 Å². The zero-order chi connectivity index (χ0) is 9.35. The van der Waals surface area contributed by atoms with Gasteiger partial charge in [-0.3, -0.25) is 0 Å². The van der Waals surface area contributed by atoms with Crippen LogP contribution in [0, 0.1) is 0 Å². The number of aromatic nitrogens is 1. The molecule has 3 heteroatoms. The van der Waals surface area contributed by atoms with Crippen LogP contribution in [0.4, 0.5) is 5.00 Å². The second-order valence-electron chi connectivity index (χ2n) is 3.93. The average Bonchev–Trinajstić information content (AvgIpc) is 2.29. The zero-order valence-corrected chi connectivity index (χ0v) is 8.96. The van der Waals surface area contributed by atoms with Crippen molar-refractivity contribution in [3.63, 3.8) is 0 Å². The van der Waals surface area contributed by atoms with Gasteiger partial charge in [-0.1, -0.05) is 27.7 Å². The van der Waals surface area contributed by atoms with Crippen molar-refractivity contribution >= 4 is 16.3 Å². The van der Waals surface area contributed by atoms with E-state index in [4.69, 9.17) is 5.73 Å². The first-order valence-corrected chi connectivity index (χ1v) is 5.02. The summed E-state index contributed by atoms with van der Waals surface area (Å²) in [6.07, 6.45) is 0.929. The molecule has 0 bridgehead atoms. The van der Waals surface area contributed by atoms with E-state index in [0.717, 1.165) is 22.1 Å². The lowest BCUT2D eigenvalue weighted by atomic mass is 9.98. The lowest BCUT2D eigenvalue weighted by Crippen LogP contribution is -2.10. The summed E-state index contributed by atoms with van der Waals surface area (Å²) in [6.45, 7) is 8.55. The van der Waals surface area contributed by atoms with Gasteiger partial charge in [0, 0.05) is 5.41 Å². The van der Waals surface area contributed by atoms with Crippen molar-refractivity contribution in [1.29, 1.82) is 0 Å². The van der Waals surface area contributed by atoms with Crippen molar-refractivity contribution in [3.05, 3.63) is 10.7 Å². The third kappa shape index (κ3) is 1.78. The van der Waals surface area contributed by atoms with Crippen molar-refractivity contribution in [1.82, 2.24) is 4.98 Å². The Morgan fingerprint density at radius 2 is 2.00 bits per heavy atom. The molecule has 0 aliphatic heterocycles. The van der Waals surface area contributed by atoms with Gasteiger partial charge in [0.2, 0.25) is 0 Å². The van der Waals surface area contributed by atoms with Gasteiger partial charge in [-0.2, -0.15) is 0 Å². The zero-order valence-electron chi connectivity index (χ0n) is 8.14. The van der Waals surface area contributed by atoms with Crippen LogP contribution in [-0.4, -0.2) is 4.98 Å². The number of nitrogens with two attached hydrogens (primary N) is 1. The smallest absolute Gasteiger partial charge is 0.109 e. The highest BCUT2D eigenvalue weighted by Gasteiger charge is 2.19. The van der Waals surface area contributed by atoms with Crippen molar-refractivity contribution in [3.8, 4) is 0 Å². The van der Waals surface area contributed by atoms with Gasteiger partial charge in [0.25, 0.3) is 0 Å². The molecule has 0 fully saturated rings. The molecule has 12 heavy (non-hydrogen) atoms. The summed E-state index contributed by atoms with van der Waals surface area (Å²) in [5.41, 5.74) is 6.98. The molecule has 0 aliphatic rings. The van der Waals surface area contributed by atoms with E-state index in [-0.39, 0.29) is 5.41 Å².